The molecule has 186 valence electrons. The summed E-state index contributed by atoms with van der Waals surface area (Å²) in [7, 11) is 0. The molecule has 0 spiro atoms. The van der Waals surface area contributed by atoms with Gasteiger partial charge in [-0.25, -0.2) is 13.8 Å². The molecule has 1 fully saturated rings. The first kappa shape index (κ1) is 25.8. The molecule has 3 N–H and O–H groups in total. The quantitative estimate of drug-likeness (QED) is 0.436. The van der Waals surface area contributed by atoms with E-state index in [-0.39, 0.29) is 23.4 Å². The van der Waals surface area contributed by atoms with Crippen molar-refractivity contribution in [2.24, 2.45) is 5.92 Å². The molecular weight excluding hydrogens is 440 g/mol. The number of carbonyl (C=O) groups is 2. The third kappa shape index (κ3) is 6.85. The van der Waals surface area contributed by atoms with Crippen LogP contribution in [-0.2, 0) is 21.5 Å². The van der Waals surface area contributed by atoms with Gasteiger partial charge in [0.05, 0.1) is 18.3 Å². The van der Waals surface area contributed by atoms with Gasteiger partial charge in [0, 0.05) is 18.8 Å². The van der Waals surface area contributed by atoms with Gasteiger partial charge in [0.25, 0.3) is 0 Å². The smallest absolute Gasteiger partial charge is 0.248 e. The molecule has 2 amide bonds. The third-order valence-electron chi connectivity index (χ3n) is 6.19. The topological polar surface area (TPSA) is 88.0 Å². The highest BCUT2D eigenvalue weighted by molar-refractivity contribution is 5.96. The average molecular weight is 476 g/mol. The molecule has 2 aromatic rings. The standard InChI is InChI=1S/C25H35F2N5O2/c1-4-6-21(30-23(33)11-18-9-19(26)12-20(27)10-18)24(34)31-22-14-32(16-29-22)25(7-5-8-25)15-28-13-17(2)3/h9-10,12,14,16-17,21,28H,4-8,11,13,15H2,1-3H3,(H,30,33)(H,31,34)/t21-/m0/s1. The van der Waals surface area contributed by atoms with Crippen LogP contribution in [0, 0.1) is 17.6 Å². The number of aromatic nitrogens is 2. The van der Waals surface area contributed by atoms with Crippen molar-refractivity contribution in [1.29, 1.82) is 0 Å². The minimum absolute atomic E-state index is 0.0257. The predicted molar refractivity (Wildman–Crippen MR) is 127 cm³/mol. The zero-order valence-electron chi connectivity index (χ0n) is 20.2. The fraction of sp³-hybridized carbons (Fsp3) is 0.560. The maximum Gasteiger partial charge on any atom is 0.248 e. The van der Waals surface area contributed by atoms with Gasteiger partial charge in [-0.3, -0.25) is 9.59 Å². The monoisotopic (exact) mass is 475 g/mol. The summed E-state index contributed by atoms with van der Waals surface area (Å²) < 4.78 is 28.9. The Morgan fingerprint density at radius 3 is 2.47 bits per heavy atom. The van der Waals surface area contributed by atoms with Gasteiger partial charge < -0.3 is 20.5 Å². The maximum absolute atomic E-state index is 13.4. The van der Waals surface area contributed by atoms with Crippen LogP contribution in [0.1, 0.15) is 58.4 Å². The number of imidazole rings is 1. The molecular formula is C25H35F2N5O2. The number of hydrogen-bond acceptors (Lipinski definition) is 4. The number of carbonyl (C=O) groups excluding carboxylic acids is 2. The van der Waals surface area contributed by atoms with E-state index in [4.69, 9.17) is 0 Å². The summed E-state index contributed by atoms with van der Waals surface area (Å²) in [5.41, 5.74) is 0.184. The van der Waals surface area contributed by atoms with Gasteiger partial charge in [0.1, 0.15) is 17.7 Å². The number of halogens is 2. The molecule has 7 nitrogen and oxygen atoms in total. The second kappa shape index (κ2) is 11.6. The number of nitrogens with one attached hydrogen (secondary N) is 3. The molecule has 0 unspecified atom stereocenters. The van der Waals surface area contributed by atoms with Crippen molar-refractivity contribution in [2.75, 3.05) is 18.4 Å². The van der Waals surface area contributed by atoms with E-state index in [1.54, 1.807) is 6.33 Å². The van der Waals surface area contributed by atoms with Gasteiger partial charge in [-0.1, -0.05) is 27.2 Å². The first-order valence-electron chi connectivity index (χ1n) is 12.0. The van der Waals surface area contributed by atoms with E-state index in [9.17, 15) is 18.4 Å². The number of amides is 2. The van der Waals surface area contributed by atoms with E-state index in [1.165, 1.54) is 0 Å². The van der Waals surface area contributed by atoms with Crippen LogP contribution in [0.25, 0.3) is 0 Å². The highest BCUT2D eigenvalue weighted by Gasteiger charge is 2.38. The molecule has 9 heteroatoms. The fourth-order valence-corrected chi connectivity index (χ4v) is 4.27. The number of hydrogen-bond donors (Lipinski definition) is 3. The molecule has 1 aromatic carbocycles. The van der Waals surface area contributed by atoms with E-state index in [0.29, 0.717) is 24.6 Å². The zero-order valence-corrected chi connectivity index (χ0v) is 20.2. The van der Waals surface area contributed by atoms with Crippen LogP contribution >= 0.6 is 0 Å². The Bertz CT molecular complexity index is 967. The second-order valence-electron chi connectivity index (χ2n) is 9.62. The summed E-state index contributed by atoms with van der Waals surface area (Å²) in [6.07, 6.45) is 7.73. The van der Waals surface area contributed by atoms with E-state index in [1.807, 2.05) is 13.1 Å². The molecule has 1 aliphatic rings. The summed E-state index contributed by atoms with van der Waals surface area (Å²) in [5, 5.41) is 9.02. The lowest BCUT2D eigenvalue weighted by Gasteiger charge is -2.43. The minimum atomic E-state index is -0.772. The van der Waals surface area contributed by atoms with Gasteiger partial charge in [-0.2, -0.15) is 0 Å². The first-order valence-corrected chi connectivity index (χ1v) is 12.0. The van der Waals surface area contributed by atoms with Crippen molar-refractivity contribution in [1.82, 2.24) is 20.2 Å². The van der Waals surface area contributed by atoms with Crippen LogP contribution in [0.5, 0.6) is 0 Å². The summed E-state index contributed by atoms with van der Waals surface area (Å²) in [5.74, 6) is -1.34. The first-order chi connectivity index (χ1) is 16.2. The Morgan fingerprint density at radius 2 is 1.88 bits per heavy atom. The fourth-order valence-electron chi connectivity index (χ4n) is 4.27. The summed E-state index contributed by atoms with van der Waals surface area (Å²) in [6.45, 7) is 8.05. The molecule has 0 bridgehead atoms. The molecule has 34 heavy (non-hydrogen) atoms. The van der Waals surface area contributed by atoms with Gasteiger partial charge in [0.15, 0.2) is 5.82 Å². The number of rotatable bonds is 12. The average Bonchev–Trinajstić information content (AvgIpc) is 3.17. The summed E-state index contributed by atoms with van der Waals surface area (Å²) >= 11 is 0. The maximum atomic E-state index is 13.4. The van der Waals surface area contributed by atoms with Crippen LogP contribution in [0.3, 0.4) is 0 Å². The van der Waals surface area contributed by atoms with Gasteiger partial charge >= 0.3 is 0 Å². The van der Waals surface area contributed by atoms with Gasteiger partial charge in [-0.15, -0.1) is 0 Å². The molecule has 0 aliphatic heterocycles. The zero-order chi connectivity index (χ0) is 24.7. The Labute approximate surface area is 199 Å². The lowest BCUT2D eigenvalue weighted by molar-refractivity contribution is -0.126. The van der Waals surface area contributed by atoms with E-state index >= 15 is 0 Å². The van der Waals surface area contributed by atoms with E-state index in [0.717, 1.165) is 50.6 Å². The highest BCUT2D eigenvalue weighted by Crippen LogP contribution is 2.39. The van der Waals surface area contributed by atoms with Crippen LogP contribution in [0.4, 0.5) is 14.6 Å². The van der Waals surface area contributed by atoms with Gasteiger partial charge in [-0.05, 0) is 55.8 Å². The molecule has 1 heterocycles. The van der Waals surface area contributed by atoms with Crippen LogP contribution in [0.15, 0.2) is 30.7 Å². The lowest BCUT2D eigenvalue weighted by Crippen LogP contribution is -2.48. The highest BCUT2D eigenvalue weighted by atomic mass is 19.1. The molecule has 3 rings (SSSR count). The molecule has 1 saturated carbocycles. The van der Waals surface area contributed by atoms with Crippen molar-refractivity contribution in [3.8, 4) is 0 Å². The van der Waals surface area contributed by atoms with Crippen LogP contribution < -0.4 is 16.0 Å². The minimum Gasteiger partial charge on any atom is -0.344 e. The van der Waals surface area contributed by atoms with Crippen molar-refractivity contribution in [2.45, 2.75) is 70.9 Å². The summed E-state index contributed by atoms with van der Waals surface area (Å²) in [6, 6.07) is 2.20. The molecule has 0 radical (unpaired) electrons. The van der Waals surface area contributed by atoms with Crippen molar-refractivity contribution < 1.29 is 18.4 Å². The third-order valence-corrected chi connectivity index (χ3v) is 6.19. The van der Waals surface area contributed by atoms with Crippen LogP contribution in [-0.4, -0.2) is 40.5 Å². The van der Waals surface area contributed by atoms with Crippen molar-refractivity contribution >= 4 is 17.6 Å². The predicted octanol–water partition coefficient (Wildman–Crippen LogP) is 3.75. The van der Waals surface area contributed by atoms with Crippen molar-refractivity contribution in [3.63, 3.8) is 0 Å². The molecule has 1 aromatic heterocycles. The van der Waals surface area contributed by atoms with E-state index < -0.39 is 23.6 Å². The largest absolute Gasteiger partial charge is 0.344 e. The molecule has 1 atom stereocenters. The Kier molecular flexibility index (Phi) is 8.77. The molecule has 1 aliphatic carbocycles. The number of nitrogens with zero attached hydrogens (tertiary/aromatic N) is 2. The Morgan fingerprint density at radius 1 is 1.18 bits per heavy atom. The van der Waals surface area contributed by atoms with E-state index in [2.05, 4.69) is 39.3 Å². The molecule has 0 saturated heterocycles. The van der Waals surface area contributed by atoms with Crippen molar-refractivity contribution in [3.05, 3.63) is 47.9 Å². The lowest BCUT2D eigenvalue weighted by atomic mass is 9.76. The second-order valence-corrected chi connectivity index (χ2v) is 9.62. The SMILES string of the molecule is CCC[C@H](NC(=O)Cc1cc(F)cc(F)c1)C(=O)Nc1cn(C2(CNCC(C)C)CCC2)cn1. The summed E-state index contributed by atoms with van der Waals surface area (Å²) in [4.78, 5) is 29.7. The number of anilines is 1. The Hall–Kier alpha value is -2.81. The van der Waals surface area contributed by atoms with Crippen LogP contribution in [0.2, 0.25) is 0 Å². The Balaban J connectivity index is 1.60. The number of benzene rings is 1. The van der Waals surface area contributed by atoms with Gasteiger partial charge in [0.2, 0.25) is 11.8 Å². The normalized spacial score (nSPS) is 15.6.